The Balaban J connectivity index is 2.12. The minimum Gasteiger partial charge on any atom is -0.507 e. The first-order valence-electron chi connectivity index (χ1n) is 8.37. The van der Waals surface area contributed by atoms with Crippen molar-refractivity contribution in [1.82, 2.24) is 0 Å². The lowest BCUT2D eigenvalue weighted by Crippen LogP contribution is -2.13. The van der Waals surface area contributed by atoms with Crippen molar-refractivity contribution >= 4 is 21.7 Å². The first-order valence-corrected chi connectivity index (χ1v) is 9.85. The fourth-order valence-corrected chi connectivity index (χ4v) is 3.61. The molecule has 0 aliphatic carbocycles. The van der Waals surface area contributed by atoms with Gasteiger partial charge in [0, 0.05) is 5.69 Å². The SMILES string of the molecule is CC(C)CCCc1ccc(NS(=O)(=O)c2ccc(O)c(C(=O)O)c2)cc1. The molecule has 6 nitrogen and oxygen atoms in total. The van der Waals surface area contributed by atoms with Crippen LogP contribution in [0.4, 0.5) is 5.69 Å². The molecule has 0 amide bonds. The van der Waals surface area contributed by atoms with Gasteiger partial charge in [-0.15, -0.1) is 0 Å². The van der Waals surface area contributed by atoms with E-state index in [2.05, 4.69) is 18.6 Å². The third-order valence-corrected chi connectivity index (χ3v) is 5.34. The van der Waals surface area contributed by atoms with E-state index < -0.39 is 27.3 Å². The van der Waals surface area contributed by atoms with Crippen LogP contribution in [0.5, 0.6) is 5.75 Å². The number of carbonyl (C=O) groups is 1. The highest BCUT2D eigenvalue weighted by Crippen LogP contribution is 2.23. The van der Waals surface area contributed by atoms with Crippen molar-refractivity contribution in [2.45, 2.75) is 38.0 Å². The molecular weight excluding hydrogens is 354 g/mol. The Morgan fingerprint density at radius 1 is 1.12 bits per heavy atom. The maximum absolute atomic E-state index is 12.4. The van der Waals surface area contributed by atoms with E-state index in [9.17, 15) is 18.3 Å². The van der Waals surface area contributed by atoms with Crippen LogP contribution in [0.1, 0.15) is 42.6 Å². The zero-order chi connectivity index (χ0) is 19.3. The highest BCUT2D eigenvalue weighted by molar-refractivity contribution is 7.92. The van der Waals surface area contributed by atoms with E-state index in [1.54, 1.807) is 12.1 Å². The number of carboxylic acid groups (broad SMARTS) is 1. The van der Waals surface area contributed by atoms with E-state index >= 15 is 0 Å². The normalized spacial score (nSPS) is 11.5. The Kier molecular flexibility index (Phi) is 6.26. The Morgan fingerprint density at radius 3 is 2.35 bits per heavy atom. The summed E-state index contributed by atoms with van der Waals surface area (Å²) in [6, 6.07) is 10.2. The van der Waals surface area contributed by atoms with E-state index in [4.69, 9.17) is 5.11 Å². The average molecular weight is 377 g/mol. The van der Waals surface area contributed by atoms with Gasteiger partial charge in [0.15, 0.2) is 0 Å². The van der Waals surface area contributed by atoms with Crippen LogP contribution >= 0.6 is 0 Å². The van der Waals surface area contributed by atoms with Crippen molar-refractivity contribution in [2.24, 2.45) is 5.92 Å². The maximum Gasteiger partial charge on any atom is 0.339 e. The number of sulfonamides is 1. The number of anilines is 1. The molecule has 0 bridgehead atoms. The Bertz CT molecular complexity index is 873. The summed E-state index contributed by atoms with van der Waals surface area (Å²) in [4.78, 5) is 10.8. The van der Waals surface area contributed by atoms with Gasteiger partial charge in [-0.3, -0.25) is 4.72 Å². The fraction of sp³-hybridized carbons (Fsp3) is 0.316. The van der Waals surface area contributed by atoms with E-state index in [1.807, 2.05) is 12.1 Å². The number of hydrogen-bond acceptors (Lipinski definition) is 4. The first kappa shape index (κ1) is 19.8. The van der Waals surface area contributed by atoms with Gasteiger partial charge in [0.05, 0.1) is 4.90 Å². The number of rotatable bonds is 8. The molecule has 0 unspecified atom stereocenters. The van der Waals surface area contributed by atoms with Crippen LogP contribution in [-0.4, -0.2) is 24.6 Å². The van der Waals surface area contributed by atoms with Crippen LogP contribution in [-0.2, 0) is 16.4 Å². The molecule has 2 rings (SSSR count). The zero-order valence-electron chi connectivity index (χ0n) is 14.8. The molecule has 2 aromatic carbocycles. The van der Waals surface area contributed by atoms with Crippen molar-refractivity contribution in [3.8, 4) is 5.75 Å². The Labute approximate surface area is 153 Å². The van der Waals surface area contributed by atoms with Crippen molar-refractivity contribution in [1.29, 1.82) is 0 Å². The molecule has 0 aromatic heterocycles. The van der Waals surface area contributed by atoms with Gasteiger partial charge in [0.1, 0.15) is 11.3 Å². The first-order chi connectivity index (χ1) is 12.2. The minimum atomic E-state index is -3.95. The van der Waals surface area contributed by atoms with Gasteiger partial charge >= 0.3 is 5.97 Å². The Hall–Kier alpha value is -2.54. The minimum absolute atomic E-state index is 0.228. The second-order valence-electron chi connectivity index (χ2n) is 6.57. The predicted octanol–water partition coefficient (Wildman–Crippen LogP) is 3.87. The smallest absolute Gasteiger partial charge is 0.339 e. The largest absolute Gasteiger partial charge is 0.507 e. The predicted molar refractivity (Wildman–Crippen MR) is 100 cm³/mol. The van der Waals surface area contributed by atoms with Crippen LogP contribution < -0.4 is 4.72 Å². The maximum atomic E-state index is 12.4. The number of nitrogens with one attached hydrogen (secondary N) is 1. The summed E-state index contributed by atoms with van der Waals surface area (Å²) >= 11 is 0. The van der Waals surface area contributed by atoms with E-state index in [-0.39, 0.29) is 4.90 Å². The summed E-state index contributed by atoms with van der Waals surface area (Å²) < 4.78 is 27.3. The number of aryl methyl sites for hydroxylation is 1. The number of aromatic hydroxyl groups is 1. The Morgan fingerprint density at radius 2 is 1.77 bits per heavy atom. The second kappa shape index (κ2) is 8.23. The van der Waals surface area contributed by atoms with Gasteiger partial charge in [0.2, 0.25) is 0 Å². The van der Waals surface area contributed by atoms with Gasteiger partial charge < -0.3 is 10.2 Å². The lowest BCUT2D eigenvalue weighted by Gasteiger charge is -2.10. The summed E-state index contributed by atoms with van der Waals surface area (Å²) in [7, 11) is -3.95. The molecule has 2 aromatic rings. The summed E-state index contributed by atoms with van der Waals surface area (Å²) in [5, 5.41) is 18.5. The summed E-state index contributed by atoms with van der Waals surface area (Å²) in [6.07, 6.45) is 3.15. The molecule has 0 heterocycles. The fourth-order valence-electron chi connectivity index (χ4n) is 2.52. The molecule has 0 saturated heterocycles. The van der Waals surface area contributed by atoms with Crippen LogP contribution in [0.15, 0.2) is 47.4 Å². The third-order valence-electron chi connectivity index (χ3n) is 3.96. The lowest BCUT2D eigenvalue weighted by molar-refractivity contribution is 0.0693. The molecule has 0 aliphatic heterocycles. The molecule has 0 fully saturated rings. The zero-order valence-corrected chi connectivity index (χ0v) is 15.6. The van der Waals surface area contributed by atoms with Crippen LogP contribution in [0.2, 0.25) is 0 Å². The van der Waals surface area contributed by atoms with E-state index in [0.717, 1.165) is 43.0 Å². The molecule has 7 heteroatoms. The van der Waals surface area contributed by atoms with Gasteiger partial charge in [-0.1, -0.05) is 32.4 Å². The molecule has 3 N–H and O–H groups in total. The van der Waals surface area contributed by atoms with Gasteiger partial charge in [-0.2, -0.15) is 0 Å². The van der Waals surface area contributed by atoms with E-state index in [0.29, 0.717) is 11.6 Å². The monoisotopic (exact) mass is 377 g/mol. The van der Waals surface area contributed by atoms with E-state index in [1.165, 1.54) is 0 Å². The van der Waals surface area contributed by atoms with Gasteiger partial charge in [0.25, 0.3) is 10.0 Å². The summed E-state index contributed by atoms with van der Waals surface area (Å²) in [6.45, 7) is 4.36. The number of benzene rings is 2. The molecule has 0 aliphatic rings. The third kappa shape index (κ3) is 5.23. The quantitative estimate of drug-likeness (QED) is 0.648. The van der Waals surface area contributed by atoms with Gasteiger partial charge in [-0.05, 0) is 54.7 Å². The summed E-state index contributed by atoms with van der Waals surface area (Å²) in [5.74, 6) is -1.23. The number of carboxylic acids is 1. The van der Waals surface area contributed by atoms with Crippen LogP contribution in [0.25, 0.3) is 0 Å². The van der Waals surface area contributed by atoms with Crippen LogP contribution in [0, 0.1) is 5.92 Å². The average Bonchev–Trinajstić information content (AvgIpc) is 2.56. The topological polar surface area (TPSA) is 104 Å². The van der Waals surface area contributed by atoms with Gasteiger partial charge in [-0.25, -0.2) is 13.2 Å². The number of phenols is 1. The highest BCUT2D eigenvalue weighted by atomic mass is 32.2. The highest BCUT2D eigenvalue weighted by Gasteiger charge is 2.19. The van der Waals surface area contributed by atoms with Crippen molar-refractivity contribution in [3.05, 3.63) is 53.6 Å². The number of hydrogen-bond donors (Lipinski definition) is 3. The molecule has 140 valence electrons. The molecule has 0 atom stereocenters. The molecule has 26 heavy (non-hydrogen) atoms. The molecule has 0 radical (unpaired) electrons. The molecule has 0 saturated carbocycles. The second-order valence-corrected chi connectivity index (χ2v) is 8.26. The van der Waals surface area contributed by atoms with Crippen molar-refractivity contribution in [3.63, 3.8) is 0 Å². The number of aromatic carboxylic acids is 1. The van der Waals surface area contributed by atoms with Crippen molar-refractivity contribution in [2.75, 3.05) is 4.72 Å². The van der Waals surface area contributed by atoms with Crippen LogP contribution in [0.3, 0.4) is 0 Å². The standard InChI is InChI=1S/C19H23NO5S/c1-13(2)4-3-5-14-6-8-15(9-7-14)20-26(24,25)16-10-11-18(21)17(12-16)19(22)23/h6-13,20-21H,3-5H2,1-2H3,(H,22,23). The summed E-state index contributed by atoms with van der Waals surface area (Å²) in [5.41, 5.74) is 1.06. The lowest BCUT2D eigenvalue weighted by atomic mass is 10.0. The molecule has 0 spiro atoms. The van der Waals surface area contributed by atoms with Crippen molar-refractivity contribution < 1.29 is 23.4 Å². The molecular formula is C19H23NO5S.